The van der Waals surface area contributed by atoms with E-state index in [1.165, 1.54) is 153 Å². The van der Waals surface area contributed by atoms with Crippen LogP contribution < -0.4 is 0 Å². The van der Waals surface area contributed by atoms with E-state index in [2.05, 4.69) is 208 Å². The summed E-state index contributed by atoms with van der Waals surface area (Å²) < 4.78 is 0. The maximum Gasteiger partial charge on any atom is 0.0725 e. The number of hydrogen-bond acceptors (Lipinski definition) is 0. The molecule has 0 unspecified atom stereocenters. The minimum absolute atomic E-state index is 0.457. The monoisotopic (exact) mass is 794 g/mol. The molecule has 2 aliphatic carbocycles. The molecule has 0 fully saturated rings. The lowest BCUT2D eigenvalue weighted by Crippen LogP contribution is -2.25. The van der Waals surface area contributed by atoms with Crippen LogP contribution in [-0.2, 0) is 5.41 Å². The van der Waals surface area contributed by atoms with Crippen LogP contribution in [0.25, 0.3) is 120 Å². The first-order chi connectivity index (χ1) is 31.0. The molecule has 63 heavy (non-hydrogen) atoms. The third-order valence-corrected chi connectivity index (χ3v) is 15.1. The molecule has 0 N–H and O–H groups in total. The molecule has 0 heteroatoms. The van der Waals surface area contributed by atoms with Gasteiger partial charge in [0.15, 0.2) is 0 Å². The second-order valence-electron chi connectivity index (χ2n) is 18.5. The van der Waals surface area contributed by atoms with Crippen molar-refractivity contribution in [3.63, 3.8) is 0 Å². The van der Waals surface area contributed by atoms with Crippen LogP contribution in [0.5, 0.6) is 0 Å². The summed E-state index contributed by atoms with van der Waals surface area (Å²) in [5.74, 6) is 0. The van der Waals surface area contributed by atoms with E-state index in [9.17, 15) is 0 Å². The molecule has 0 saturated carbocycles. The smallest absolute Gasteiger partial charge is 0.0619 e. The molecule has 2 aliphatic rings. The molecular weight excluding hydrogens is 757 g/mol. The topological polar surface area (TPSA) is 0 Å². The number of fused-ring (bicyclic) bond motifs is 12. The molecule has 1 spiro atoms. The van der Waals surface area contributed by atoms with E-state index in [1.54, 1.807) is 0 Å². The number of benzene rings is 13. The molecule has 290 valence electrons. The van der Waals surface area contributed by atoms with Crippen molar-refractivity contribution in [1.82, 2.24) is 0 Å². The second-order valence-corrected chi connectivity index (χ2v) is 18.5. The van der Waals surface area contributed by atoms with Crippen LogP contribution in [0.2, 0.25) is 0 Å². The van der Waals surface area contributed by atoms with Crippen molar-refractivity contribution >= 4 is 75.4 Å². The van der Waals surface area contributed by atoms with Gasteiger partial charge in [-0.1, -0.05) is 164 Å². The zero-order valence-electron chi connectivity index (χ0n) is 35.0. The van der Waals surface area contributed by atoms with E-state index in [0.717, 1.165) is 0 Å². The molecule has 0 heterocycles. The predicted molar refractivity (Wildman–Crippen MR) is 268 cm³/mol. The van der Waals surface area contributed by atoms with Crippen LogP contribution in [0, 0.1) is 13.8 Å². The first-order valence-electron chi connectivity index (χ1n) is 22.3. The van der Waals surface area contributed by atoms with E-state index in [0.29, 0.717) is 0 Å². The van der Waals surface area contributed by atoms with Gasteiger partial charge in [-0.25, -0.2) is 0 Å². The lowest BCUT2D eigenvalue weighted by molar-refractivity contribution is 0.795. The van der Waals surface area contributed by atoms with E-state index in [4.69, 9.17) is 0 Å². The highest BCUT2D eigenvalue weighted by Gasteiger charge is 2.52. The standard InChI is InChI=1S/C63H38/c1-35-26-38-14-18-42-30-46(31-43-19-15-39(27-35)58(38)60(42)43)37-22-23-53-57(34-37)63(54-12-5-3-8-50(54)51-9-4-6-13-55(51)63)56-25-24-49-48(10-7-11-52(49)62(53)56)47-32-44-20-16-40-28-36(2)29-41-17-21-45(33-47)61(44)59(40)41/h3-34H,1-2H3. The summed E-state index contributed by atoms with van der Waals surface area (Å²) in [6, 6.07) is 75.1. The fraction of sp³-hybridized carbons (Fsp3) is 0.0476. The molecule has 0 amide bonds. The Bertz CT molecular complexity index is 3980. The van der Waals surface area contributed by atoms with Crippen LogP contribution in [0.1, 0.15) is 33.4 Å². The van der Waals surface area contributed by atoms with Crippen LogP contribution in [0.15, 0.2) is 194 Å². The third-order valence-electron chi connectivity index (χ3n) is 15.1. The SMILES string of the molecule is Cc1cc2ccc3cc(-c4ccc5c(c4)C4(c6ccccc6-c6ccccc64)c4ccc6c(-c7cc8ccc9cc(C)cc%10ccc(c7)c8c9%10)cccc6c4-5)cc4ccc(c1)c2c34. The van der Waals surface area contributed by atoms with E-state index in [1.807, 2.05) is 0 Å². The van der Waals surface area contributed by atoms with Crippen molar-refractivity contribution in [2.24, 2.45) is 0 Å². The first kappa shape index (κ1) is 33.9. The Balaban J connectivity index is 0.987. The summed E-state index contributed by atoms with van der Waals surface area (Å²) in [6.07, 6.45) is 0. The van der Waals surface area contributed by atoms with Gasteiger partial charge < -0.3 is 0 Å². The van der Waals surface area contributed by atoms with Gasteiger partial charge in [-0.2, -0.15) is 0 Å². The molecule has 15 rings (SSSR count). The number of rotatable bonds is 2. The normalized spacial score (nSPS) is 13.7. The maximum absolute atomic E-state index is 2.54. The molecule has 0 atom stereocenters. The van der Waals surface area contributed by atoms with Crippen LogP contribution >= 0.6 is 0 Å². The van der Waals surface area contributed by atoms with Crippen molar-refractivity contribution in [3.8, 4) is 44.5 Å². The highest BCUT2D eigenvalue weighted by atomic mass is 14.5. The van der Waals surface area contributed by atoms with Crippen LogP contribution in [0.3, 0.4) is 0 Å². The molecular formula is C63H38. The fourth-order valence-corrected chi connectivity index (χ4v) is 12.7. The fourth-order valence-electron chi connectivity index (χ4n) is 12.7. The van der Waals surface area contributed by atoms with Gasteiger partial charge in [-0.15, -0.1) is 0 Å². The van der Waals surface area contributed by atoms with Crippen molar-refractivity contribution in [2.75, 3.05) is 0 Å². The molecule has 0 aliphatic heterocycles. The van der Waals surface area contributed by atoms with Gasteiger partial charge in [0.2, 0.25) is 0 Å². The van der Waals surface area contributed by atoms with Crippen molar-refractivity contribution < 1.29 is 0 Å². The summed E-state index contributed by atoms with van der Waals surface area (Å²) in [5.41, 5.74) is 18.0. The van der Waals surface area contributed by atoms with E-state index < -0.39 is 5.41 Å². The largest absolute Gasteiger partial charge is 0.0725 e. The lowest BCUT2D eigenvalue weighted by atomic mass is 9.70. The second kappa shape index (κ2) is 11.8. The zero-order valence-corrected chi connectivity index (χ0v) is 35.0. The number of aryl methyl sites for hydroxylation is 2. The average molecular weight is 795 g/mol. The average Bonchev–Trinajstić information content (AvgIpc) is 3.79. The van der Waals surface area contributed by atoms with E-state index in [-0.39, 0.29) is 0 Å². The maximum atomic E-state index is 2.54. The van der Waals surface area contributed by atoms with Crippen molar-refractivity contribution in [2.45, 2.75) is 19.3 Å². The summed E-state index contributed by atoms with van der Waals surface area (Å²) in [4.78, 5) is 0. The van der Waals surface area contributed by atoms with Crippen LogP contribution in [-0.4, -0.2) is 0 Å². The Morgan fingerprint density at radius 2 is 0.730 bits per heavy atom. The van der Waals surface area contributed by atoms with Gasteiger partial charge in [0, 0.05) is 0 Å². The Labute approximate surface area is 365 Å². The molecule has 13 aromatic rings. The lowest BCUT2D eigenvalue weighted by Gasteiger charge is -2.31. The molecule has 0 radical (unpaired) electrons. The van der Waals surface area contributed by atoms with Crippen LogP contribution in [0.4, 0.5) is 0 Å². The third kappa shape index (κ3) is 4.26. The Hall–Kier alpha value is -7.80. The van der Waals surface area contributed by atoms with Crippen molar-refractivity contribution in [1.29, 1.82) is 0 Å². The molecule has 0 nitrogen and oxygen atoms in total. The number of hydrogen-bond donors (Lipinski definition) is 0. The molecule has 0 aromatic heterocycles. The quantitative estimate of drug-likeness (QED) is 0.153. The minimum atomic E-state index is -0.457. The summed E-state index contributed by atoms with van der Waals surface area (Å²) >= 11 is 0. The highest BCUT2D eigenvalue weighted by molar-refractivity contribution is 6.25. The van der Waals surface area contributed by atoms with Gasteiger partial charge in [-0.05, 0) is 197 Å². The molecule has 13 aromatic carbocycles. The Morgan fingerprint density at radius 1 is 0.270 bits per heavy atom. The van der Waals surface area contributed by atoms with Gasteiger partial charge in [0.05, 0.1) is 5.41 Å². The van der Waals surface area contributed by atoms with Crippen molar-refractivity contribution in [3.05, 3.63) is 228 Å². The Morgan fingerprint density at radius 3 is 1.25 bits per heavy atom. The summed E-state index contributed by atoms with van der Waals surface area (Å²) in [6.45, 7) is 4.39. The highest BCUT2D eigenvalue weighted by Crippen LogP contribution is 2.64. The van der Waals surface area contributed by atoms with Gasteiger partial charge >= 0.3 is 0 Å². The molecule has 0 bridgehead atoms. The summed E-state index contributed by atoms with van der Waals surface area (Å²) in [7, 11) is 0. The predicted octanol–water partition coefficient (Wildman–Crippen LogP) is 16.9. The summed E-state index contributed by atoms with van der Waals surface area (Å²) in [5, 5.41) is 18.5. The van der Waals surface area contributed by atoms with E-state index >= 15 is 0 Å². The van der Waals surface area contributed by atoms with Gasteiger partial charge in [0.1, 0.15) is 0 Å². The van der Waals surface area contributed by atoms with Gasteiger partial charge in [-0.3, -0.25) is 0 Å². The molecule has 0 saturated heterocycles. The van der Waals surface area contributed by atoms with Gasteiger partial charge in [0.25, 0.3) is 0 Å². The first-order valence-corrected chi connectivity index (χ1v) is 22.3. The zero-order chi connectivity index (χ0) is 41.3. The Kier molecular flexibility index (Phi) is 6.32. The minimum Gasteiger partial charge on any atom is -0.0619 e.